The van der Waals surface area contributed by atoms with Gasteiger partial charge in [-0.3, -0.25) is 9.78 Å². The number of hydrogen-bond acceptors (Lipinski definition) is 6. The van der Waals surface area contributed by atoms with Crippen LogP contribution in [0.4, 0.5) is 14.5 Å². The number of H-pyrrole nitrogens is 2. The Kier molecular flexibility index (Phi) is 4.78. The Hall–Kier alpha value is -2.30. The Balaban J connectivity index is 1.62. The van der Waals surface area contributed by atoms with E-state index in [4.69, 9.17) is 5.73 Å². The number of nitrogens with two attached hydrogens (primary N) is 1. The highest BCUT2D eigenvalue weighted by Gasteiger charge is 2.50. The molecule has 3 fully saturated rings. The molecule has 3 unspecified atom stereocenters. The van der Waals surface area contributed by atoms with Gasteiger partial charge in [0, 0.05) is 30.1 Å². The molecular weight excluding hydrogens is 422 g/mol. The minimum Gasteiger partial charge on any atom is -0.390 e. The number of aryl methyl sites for hydroxylation is 1. The molecule has 2 aromatic rings. The third kappa shape index (κ3) is 3.11. The molecule has 10 heteroatoms. The number of benzene rings is 1. The summed E-state index contributed by atoms with van der Waals surface area (Å²) >= 11 is 0. The number of aromatic nitrogens is 2. The van der Waals surface area contributed by atoms with Gasteiger partial charge in [0.1, 0.15) is 6.17 Å². The third-order valence-corrected chi connectivity index (χ3v) is 7.67. The van der Waals surface area contributed by atoms with Crippen LogP contribution in [0.3, 0.4) is 0 Å². The first-order chi connectivity index (χ1) is 15.1. The topological polar surface area (TPSA) is 135 Å². The second-order valence-electron chi connectivity index (χ2n) is 9.82. The van der Waals surface area contributed by atoms with Gasteiger partial charge in [0.25, 0.3) is 5.56 Å². The zero-order chi connectivity index (χ0) is 23.0. The number of aromatic amines is 2. The summed E-state index contributed by atoms with van der Waals surface area (Å²) in [5.41, 5.74) is 3.09. The van der Waals surface area contributed by atoms with Crippen LogP contribution in [0.25, 0.3) is 10.9 Å². The molecule has 5 rings (SSSR count). The predicted octanol–water partition coefficient (Wildman–Crippen LogP) is 1.05. The van der Waals surface area contributed by atoms with Crippen LogP contribution in [0, 0.1) is 18.7 Å². The number of fused-ring (bicyclic) bond motifs is 1. The maximum Gasteiger partial charge on any atom is 0.326 e. The van der Waals surface area contributed by atoms with Crippen molar-refractivity contribution in [3.8, 4) is 0 Å². The van der Waals surface area contributed by atoms with Crippen molar-refractivity contribution in [2.24, 2.45) is 11.7 Å². The number of nitrogens with one attached hydrogen (secondary N) is 2. The molecule has 32 heavy (non-hydrogen) atoms. The van der Waals surface area contributed by atoms with Crippen molar-refractivity contribution >= 4 is 16.6 Å². The SMILES string of the molecule is Cc1c(N2CC(F)C(C(O)C3(O)CCCC3)C2)c(F)c(C2(N)CC2)c2c(=O)[nH]c(=O)[nH]c12. The number of alkyl halides is 1. The smallest absolute Gasteiger partial charge is 0.326 e. The van der Waals surface area contributed by atoms with Gasteiger partial charge in [-0.25, -0.2) is 13.6 Å². The van der Waals surface area contributed by atoms with Crippen molar-refractivity contribution in [2.75, 3.05) is 18.0 Å². The van der Waals surface area contributed by atoms with Crippen molar-refractivity contribution < 1.29 is 19.0 Å². The zero-order valence-corrected chi connectivity index (χ0v) is 17.9. The van der Waals surface area contributed by atoms with E-state index in [1.165, 1.54) is 4.90 Å². The molecule has 1 aromatic carbocycles. The van der Waals surface area contributed by atoms with E-state index in [0.717, 1.165) is 12.8 Å². The lowest BCUT2D eigenvalue weighted by atomic mass is 9.84. The van der Waals surface area contributed by atoms with E-state index in [0.29, 0.717) is 31.2 Å². The summed E-state index contributed by atoms with van der Waals surface area (Å²) in [5, 5.41) is 21.6. The second-order valence-corrected chi connectivity index (χ2v) is 9.82. The molecule has 0 amide bonds. The van der Waals surface area contributed by atoms with E-state index in [1.54, 1.807) is 6.92 Å². The molecule has 174 valence electrons. The summed E-state index contributed by atoms with van der Waals surface area (Å²) in [6.45, 7) is 1.39. The van der Waals surface area contributed by atoms with Crippen molar-refractivity contribution in [1.82, 2.24) is 9.97 Å². The van der Waals surface area contributed by atoms with Gasteiger partial charge in [-0.05, 0) is 38.2 Å². The molecule has 1 saturated heterocycles. The summed E-state index contributed by atoms with van der Waals surface area (Å²) in [7, 11) is 0. The summed E-state index contributed by atoms with van der Waals surface area (Å²) in [5.74, 6) is -1.59. The fourth-order valence-corrected chi connectivity index (χ4v) is 5.70. The van der Waals surface area contributed by atoms with E-state index >= 15 is 8.78 Å². The zero-order valence-electron chi connectivity index (χ0n) is 17.9. The highest BCUT2D eigenvalue weighted by atomic mass is 19.1. The van der Waals surface area contributed by atoms with Crippen LogP contribution in [0.2, 0.25) is 0 Å². The number of aliphatic hydroxyl groups excluding tert-OH is 1. The Morgan fingerprint density at radius 3 is 2.44 bits per heavy atom. The average Bonchev–Trinajstić information content (AvgIpc) is 3.12. The molecule has 1 aromatic heterocycles. The number of halogens is 2. The first-order valence-electron chi connectivity index (χ1n) is 11.1. The van der Waals surface area contributed by atoms with Gasteiger partial charge in [0.2, 0.25) is 0 Å². The molecule has 0 bridgehead atoms. The molecular formula is C22H28F2N4O4. The van der Waals surface area contributed by atoms with Crippen LogP contribution in [0.1, 0.15) is 49.7 Å². The van der Waals surface area contributed by atoms with Crippen LogP contribution >= 0.6 is 0 Å². The predicted molar refractivity (Wildman–Crippen MR) is 115 cm³/mol. The Morgan fingerprint density at radius 1 is 1.16 bits per heavy atom. The fourth-order valence-electron chi connectivity index (χ4n) is 5.70. The van der Waals surface area contributed by atoms with Gasteiger partial charge < -0.3 is 25.8 Å². The molecule has 1 aliphatic heterocycles. The Morgan fingerprint density at radius 2 is 1.81 bits per heavy atom. The maximum atomic E-state index is 16.0. The van der Waals surface area contributed by atoms with Gasteiger partial charge in [0.15, 0.2) is 5.82 Å². The highest BCUT2D eigenvalue weighted by molar-refractivity contribution is 5.91. The summed E-state index contributed by atoms with van der Waals surface area (Å²) in [4.78, 5) is 30.7. The van der Waals surface area contributed by atoms with Crippen molar-refractivity contribution in [1.29, 1.82) is 0 Å². The lowest BCUT2D eigenvalue weighted by Crippen LogP contribution is -2.47. The van der Waals surface area contributed by atoms with E-state index in [1.807, 2.05) is 0 Å². The standard InChI is InChI=1S/C22H28F2N4O4/c1-10-16-13(19(30)27-20(31)26-16)14(21(25)6-7-21)15(24)17(10)28-8-11(12(23)9-28)18(29)22(32)4-2-3-5-22/h11-12,18,29,32H,2-9,25H2,1H3,(H2,26,27,30,31). The second kappa shape index (κ2) is 7.10. The van der Waals surface area contributed by atoms with Crippen LogP contribution < -0.4 is 21.9 Å². The van der Waals surface area contributed by atoms with E-state index in [-0.39, 0.29) is 35.2 Å². The first kappa shape index (κ1) is 21.5. The maximum absolute atomic E-state index is 16.0. The van der Waals surface area contributed by atoms with Gasteiger partial charge in [-0.1, -0.05) is 12.8 Å². The fraction of sp³-hybridized carbons (Fsp3) is 0.636. The molecule has 2 saturated carbocycles. The van der Waals surface area contributed by atoms with E-state index in [2.05, 4.69) is 9.97 Å². The molecule has 2 aliphatic carbocycles. The Labute approximate surface area is 182 Å². The average molecular weight is 450 g/mol. The molecule has 0 spiro atoms. The number of rotatable bonds is 4. The van der Waals surface area contributed by atoms with Gasteiger partial charge in [0.05, 0.1) is 28.3 Å². The highest BCUT2D eigenvalue weighted by Crippen LogP contribution is 2.49. The molecule has 3 aliphatic rings. The van der Waals surface area contributed by atoms with Gasteiger partial charge >= 0.3 is 5.69 Å². The van der Waals surface area contributed by atoms with Crippen LogP contribution in [-0.2, 0) is 5.54 Å². The quantitative estimate of drug-likeness (QED) is 0.473. The van der Waals surface area contributed by atoms with E-state index < -0.39 is 46.4 Å². The minimum absolute atomic E-state index is 0.00164. The lowest BCUT2D eigenvalue weighted by Gasteiger charge is -2.33. The monoisotopic (exact) mass is 450 g/mol. The Bertz CT molecular complexity index is 1200. The normalized spacial score (nSPS) is 27.2. The minimum atomic E-state index is -1.47. The number of hydrogen-bond donors (Lipinski definition) is 5. The van der Waals surface area contributed by atoms with Gasteiger partial charge in [-0.15, -0.1) is 0 Å². The van der Waals surface area contributed by atoms with Gasteiger partial charge in [-0.2, -0.15) is 0 Å². The molecule has 6 N–H and O–H groups in total. The molecule has 3 atom stereocenters. The van der Waals surface area contributed by atoms with Crippen molar-refractivity contribution in [3.63, 3.8) is 0 Å². The summed E-state index contributed by atoms with van der Waals surface area (Å²) in [6.07, 6.45) is 0.584. The van der Waals surface area contributed by atoms with Crippen LogP contribution in [-0.4, -0.2) is 51.1 Å². The van der Waals surface area contributed by atoms with Crippen molar-refractivity contribution in [3.05, 3.63) is 37.8 Å². The molecule has 2 heterocycles. The number of aliphatic hydroxyl groups is 2. The number of anilines is 1. The number of nitrogens with zero attached hydrogens (tertiary/aromatic N) is 1. The largest absolute Gasteiger partial charge is 0.390 e. The van der Waals surface area contributed by atoms with Crippen LogP contribution in [0.15, 0.2) is 9.59 Å². The van der Waals surface area contributed by atoms with Crippen molar-refractivity contribution in [2.45, 2.75) is 68.9 Å². The molecule has 0 radical (unpaired) electrons. The molecule has 8 nitrogen and oxygen atoms in total. The van der Waals surface area contributed by atoms with Crippen LogP contribution in [0.5, 0.6) is 0 Å². The first-order valence-corrected chi connectivity index (χ1v) is 11.1. The third-order valence-electron chi connectivity index (χ3n) is 7.67. The summed E-state index contributed by atoms with van der Waals surface area (Å²) < 4.78 is 31.0. The lowest BCUT2D eigenvalue weighted by molar-refractivity contribution is -0.102. The van der Waals surface area contributed by atoms with E-state index in [9.17, 15) is 19.8 Å². The summed E-state index contributed by atoms with van der Waals surface area (Å²) in [6, 6.07) is 0.